The minimum atomic E-state index is -1.13. The van der Waals surface area contributed by atoms with Gasteiger partial charge in [0.15, 0.2) is 5.96 Å². The lowest BCUT2D eigenvalue weighted by atomic mass is 9.90. The minimum absolute atomic E-state index is 0.0811. The molecule has 14 N–H and O–H groups in total. The van der Waals surface area contributed by atoms with Gasteiger partial charge in [0.2, 0.25) is 35.4 Å². The van der Waals surface area contributed by atoms with E-state index in [0.717, 1.165) is 5.56 Å². The number of carbonyl (C=O) groups excluding carboxylic acids is 7. The Hall–Kier alpha value is -7.22. The van der Waals surface area contributed by atoms with Crippen LogP contribution in [0.2, 0.25) is 0 Å². The van der Waals surface area contributed by atoms with Crippen molar-refractivity contribution in [3.05, 3.63) is 95.6 Å². The summed E-state index contributed by atoms with van der Waals surface area (Å²) in [5.74, 6) is -3.24. The Kier molecular flexibility index (Phi) is 22.0. The average molecular weight is 874 g/mol. The summed E-state index contributed by atoms with van der Waals surface area (Å²) in [5.41, 5.74) is 18.5. The number of carbonyl (C=O) groups is 7. The van der Waals surface area contributed by atoms with Crippen molar-refractivity contribution in [2.24, 2.45) is 22.2 Å². The maximum absolute atomic E-state index is 14.3. The standard InChI is InChI=1S/C43H59N11O9/c1-2-36(57)48-21-22-50-43(62)54-42(46)49-20-9-14-34(40(60)51-26-28-15-17-31(55)18-16-28)53-41(61)38(29-10-4-3-5-11-29)30-12-8-13-32(24-30)63-23-7-6-19-47-37(58)27-52-39(59)33(44)25-35(45)56/h3-5,8,10-13,15-18,24,33-34,38,55H,2,6-7,9,14,19-23,25-27,44H2,1H3,(H2,45,56)(H,47,58)(H,48,57)(H,51,60)(H,52,59)(H,53,61)(H4,46,49,50,54,62)/t33-,34-,38?/m1/s1. The molecule has 0 aromatic heterocycles. The zero-order chi connectivity index (χ0) is 46.0. The first-order chi connectivity index (χ1) is 30.2. The monoisotopic (exact) mass is 873 g/mol. The normalized spacial score (nSPS) is 12.4. The van der Waals surface area contributed by atoms with E-state index in [0.29, 0.717) is 55.7 Å². The first-order valence-electron chi connectivity index (χ1n) is 20.6. The molecule has 20 heteroatoms. The number of nitrogens with zero attached hydrogens (tertiary/aromatic N) is 1. The van der Waals surface area contributed by atoms with Crippen LogP contribution in [-0.4, -0.2) is 104 Å². The van der Waals surface area contributed by atoms with Crippen molar-refractivity contribution in [3.63, 3.8) is 0 Å². The molecule has 0 radical (unpaired) electrons. The van der Waals surface area contributed by atoms with Gasteiger partial charge in [-0.05, 0) is 66.6 Å². The van der Waals surface area contributed by atoms with Crippen LogP contribution in [0.1, 0.15) is 68.1 Å². The second-order valence-corrected chi connectivity index (χ2v) is 14.3. The van der Waals surface area contributed by atoms with E-state index < -0.39 is 53.6 Å². The number of primary amides is 1. The summed E-state index contributed by atoms with van der Waals surface area (Å²) in [4.78, 5) is 90.6. The lowest BCUT2D eigenvalue weighted by Gasteiger charge is -2.23. The summed E-state index contributed by atoms with van der Waals surface area (Å²) in [5, 5.41) is 28.1. The Balaban J connectivity index is 1.63. The molecule has 0 saturated heterocycles. The number of phenolic OH excluding ortho intramolecular Hbond substituents is 1. The molecule has 0 aliphatic rings. The van der Waals surface area contributed by atoms with E-state index in [1.807, 2.05) is 30.3 Å². The van der Waals surface area contributed by atoms with E-state index in [-0.39, 0.29) is 63.2 Å². The summed E-state index contributed by atoms with van der Waals surface area (Å²) >= 11 is 0. The number of benzene rings is 3. The fourth-order valence-electron chi connectivity index (χ4n) is 5.89. The van der Waals surface area contributed by atoms with Crippen LogP contribution in [-0.2, 0) is 35.3 Å². The minimum Gasteiger partial charge on any atom is -0.508 e. The number of aromatic hydroxyl groups is 1. The molecule has 1 unspecified atom stereocenters. The molecule has 8 amide bonds. The van der Waals surface area contributed by atoms with E-state index >= 15 is 0 Å². The largest absolute Gasteiger partial charge is 0.508 e. The zero-order valence-corrected chi connectivity index (χ0v) is 35.3. The second-order valence-electron chi connectivity index (χ2n) is 14.3. The Bertz CT molecular complexity index is 2000. The lowest BCUT2D eigenvalue weighted by Crippen LogP contribution is -2.48. The Labute approximate surface area is 365 Å². The third kappa shape index (κ3) is 19.8. The maximum atomic E-state index is 14.3. The molecule has 0 heterocycles. The summed E-state index contributed by atoms with van der Waals surface area (Å²) < 4.78 is 6.00. The molecule has 20 nitrogen and oxygen atoms in total. The van der Waals surface area contributed by atoms with Crippen LogP contribution in [0, 0.1) is 0 Å². The SMILES string of the molecule is CCC(=O)NCCNC(=O)NC(N)=NCCC[C@@H](NC(=O)C(c1ccccc1)c1cccc(OCCCCNC(=O)CNC(=O)[C@H](N)CC(N)=O)c1)C(=O)NCc1ccc(O)cc1. The number of ether oxygens (including phenoxy) is 1. The van der Waals surface area contributed by atoms with Gasteiger partial charge in [0, 0.05) is 39.1 Å². The molecule has 3 aromatic rings. The molecule has 3 rings (SSSR count). The van der Waals surface area contributed by atoms with Gasteiger partial charge >= 0.3 is 6.03 Å². The number of nitrogens with one attached hydrogen (secondary N) is 7. The van der Waals surface area contributed by atoms with Gasteiger partial charge in [-0.2, -0.15) is 0 Å². The van der Waals surface area contributed by atoms with Gasteiger partial charge in [0.05, 0.1) is 31.5 Å². The first-order valence-corrected chi connectivity index (χ1v) is 20.6. The smallest absolute Gasteiger partial charge is 0.321 e. The number of amides is 8. The fourth-order valence-corrected chi connectivity index (χ4v) is 5.89. The van der Waals surface area contributed by atoms with Crippen molar-refractivity contribution in [3.8, 4) is 11.5 Å². The lowest BCUT2D eigenvalue weighted by molar-refractivity contribution is -0.129. The van der Waals surface area contributed by atoms with Gasteiger partial charge in [0.25, 0.3) is 0 Å². The van der Waals surface area contributed by atoms with Crippen LogP contribution in [0.4, 0.5) is 4.79 Å². The number of urea groups is 1. The van der Waals surface area contributed by atoms with Crippen molar-refractivity contribution in [2.45, 2.75) is 70.0 Å². The Morgan fingerprint density at radius 1 is 0.730 bits per heavy atom. The van der Waals surface area contributed by atoms with Crippen LogP contribution in [0.25, 0.3) is 0 Å². The Morgan fingerprint density at radius 2 is 1.43 bits per heavy atom. The zero-order valence-electron chi connectivity index (χ0n) is 35.3. The highest BCUT2D eigenvalue weighted by Crippen LogP contribution is 2.28. The van der Waals surface area contributed by atoms with Gasteiger partial charge in [-0.15, -0.1) is 0 Å². The molecule has 3 aromatic carbocycles. The van der Waals surface area contributed by atoms with Gasteiger partial charge in [-0.25, -0.2) is 4.79 Å². The molecule has 0 fully saturated rings. The molecule has 0 aliphatic carbocycles. The number of rotatable bonds is 26. The third-order valence-electron chi connectivity index (χ3n) is 9.19. The number of aliphatic imine (C=N–C) groups is 1. The van der Waals surface area contributed by atoms with Crippen molar-refractivity contribution in [1.29, 1.82) is 0 Å². The number of guanidine groups is 1. The number of unbranched alkanes of at least 4 members (excludes halogenated alkanes) is 1. The van der Waals surface area contributed by atoms with Gasteiger partial charge in [-0.1, -0.05) is 61.5 Å². The van der Waals surface area contributed by atoms with E-state index in [1.165, 1.54) is 12.1 Å². The highest BCUT2D eigenvalue weighted by molar-refractivity contribution is 5.95. The van der Waals surface area contributed by atoms with Crippen molar-refractivity contribution >= 4 is 47.4 Å². The maximum Gasteiger partial charge on any atom is 0.321 e. The average Bonchev–Trinajstić information content (AvgIpc) is 3.26. The molecule has 340 valence electrons. The van der Waals surface area contributed by atoms with Crippen LogP contribution >= 0.6 is 0 Å². The summed E-state index contributed by atoms with van der Waals surface area (Å²) in [6, 6.07) is 19.8. The van der Waals surface area contributed by atoms with Crippen molar-refractivity contribution in [2.75, 3.05) is 39.3 Å². The highest BCUT2D eigenvalue weighted by atomic mass is 16.5. The quantitative estimate of drug-likeness (QED) is 0.0286. The summed E-state index contributed by atoms with van der Waals surface area (Å²) in [6.07, 6.45) is 1.60. The van der Waals surface area contributed by atoms with Crippen LogP contribution < -0.4 is 59.2 Å². The van der Waals surface area contributed by atoms with Crippen molar-refractivity contribution < 1.29 is 43.4 Å². The predicted octanol–water partition coefficient (Wildman–Crippen LogP) is -0.160. The van der Waals surface area contributed by atoms with Crippen molar-refractivity contribution in [1.82, 2.24) is 37.2 Å². The van der Waals surface area contributed by atoms with E-state index in [1.54, 1.807) is 43.3 Å². The summed E-state index contributed by atoms with van der Waals surface area (Å²) in [7, 11) is 0. The summed E-state index contributed by atoms with van der Waals surface area (Å²) in [6.45, 7) is 2.73. The topological polar surface area (TPSA) is 324 Å². The second kappa shape index (κ2) is 27.6. The molecule has 63 heavy (non-hydrogen) atoms. The number of hydrogen-bond acceptors (Lipinski definition) is 11. The van der Waals surface area contributed by atoms with Gasteiger partial charge in [0.1, 0.15) is 17.5 Å². The molecule has 0 bridgehead atoms. The van der Waals surface area contributed by atoms with E-state index in [4.69, 9.17) is 21.9 Å². The number of phenols is 1. The van der Waals surface area contributed by atoms with Crippen LogP contribution in [0.3, 0.4) is 0 Å². The first kappa shape index (κ1) is 50.1. The van der Waals surface area contributed by atoms with Gasteiger partial charge in [-0.3, -0.25) is 39.1 Å². The molecular formula is C43H59N11O9. The molecule has 3 atom stereocenters. The Morgan fingerprint density at radius 3 is 2.14 bits per heavy atom. The van der Waals surface area contributed by atoms with Gasteiger partial charge < -0.3 is 58.9 Å². The molecule has 0 aliphatic heterocycles. The third-order valence-corrected chi connectivity index (χ3v) is 9.19. The number of hydrogen-bond donors (Lipinski definition) is 11. The van der Waals surface area contributed by atoms with E-state index in [2.05, 4.69) is 42.2 Å². The van der Waals surface area contributed by atoms with E-state index in [9.17, 15) is 38.7 Å². The van der Waals surface area contributed by atoms with Crippen LogP contribution in [0.15, 0.2) is 83.9 Å². The highest BCUT2D eigenvalue weighted by Gasteiger charge is 2.28. The van der Waals surface area contributed by atoms with Crippen LogP contribution in [0.5, 0.6) is 11.5 Å². The molecule has 0 saturated carbocycles. The fraction of sp³-hybridized carbons (Fsp3) is 0.395. The molecular weight excluding hydrogens is 815 g/mol. The predicted molar refractivity (Wildman–Crippen MR) is 235 cm³/mol. The number of nitrogens with two attached hydrogens (primary N) is 3. The molecule has 0 spiro atoms.